The van der Waals surface area contributed by atoms with Crippen LogP contribution in [0.5, 0.6) is 0 Å². The van der Waals surface area contributed by atoms with E-state index in [9.17, 15) is 14.9 Å². The zero-order valence-electron chi connectivity index (χ0n) is 16.5. The van der Waals surface area contributed by atoms with Gasteiger partial charge in [0.2, 0.25) is 0 Å². The predicted molar refractivity (Wildman–Crippen MR) is 121 cm³/mol. The standard InChI is InChI=1S/C24H19N3O3S/c28-23-24(20(17-11-5-2-6-12-17)21(27(29)30)22(31)25-24)18-13-7-8-14-19(18)26(23)15-16-9-3-1-4-10-16/h1-14,20-21H,15H2,(H,25,31)/t20-,21-,24-/m1/s1. The summed E-state index contributed by atoms with van der Waals surface area (Å²) in [6.45, 7) is 0.373. The molecule has 3 aromatic carbocycles. The smallest absolute Gasteiger partial charge is 0.272 e. The van der Waals surface area contributed by atoms with Crippen molar-refractivity contribution < 1.29 is 9.72 Å². The van der Waals surface area contributed by atoms with Crippen molar-refractivity contribution in [1.82, 2.24) is 5.32 Å². The van der Waals surface area contributed by atoms with Gasteiger partial charge in [-0.1, -0.05) is 91.1 Å². The molecule has 6 nitrogen and oxygen atoms in total. The lowest BCUT2D eigenvalue weighted by atomic mass is 9.75. The van der Waals surface area contributed by atoms with E-state index >= 15 is 0 Å². The number of hydrogen-bond acceptors (Lipinski definition) is 4. The Bertz CT molecular complexity index is 1180. The minimum absolute atomic E-state index is 0.0866. The molecule has 1 amide bonds. The third-order valence-corrected chi connectivity index (χ3v) is 6.49. The van der Waals surface area contributed by atoms with Gasteiger partial charge in [0.15, 0.2) is 10.5 Å². The summed E-state index contributed by atoms with van der Waals surface area (Å²) in [6, 6.07) is 25.2. The van der Waals surface area contributed by atoms with Crippen molar-refractivity contribution in [2.75, 3.05) is 4.90 Å². The molecule has 0 bridgehead atoms. The zero-order chi connectivity index (χ0) is 21.6. The highest BCUT2D eigenvalue weighted by atomic mass is 32.1. The molecule has 1 saturated heterocycles. The number of carbonyl (C=O) groups is 1. The van der Waals surface area contributed by atoms with Crippen molar-refractivity contribution in [3.63, 3.8) is 0 Å². The van der Waals surface area contributed by atoms with E-state index in [-0.39, 0.29) is 15.8 Å². The Morgan fingerprint density at radius 3 is 2.26 bits per heavy atom. The number of rotatable bonds is 4. The maximum atomic E-state index is 14.1. The highest BCUT2D eigenvalue weighted by molar-refractivity contribution is 7.80. The molecule has 5 rings (SSSR count). The lowest BCUT2D eigenvalue weighted by Crippen LogP contribution is -2.50. The van der Waals surface area contributed by atoms with E-state index < -0.39 is 17.5 Å². The first kappa shape index (κ1) is 19.4. The van der Waals surface area contributed by atoms with Crippen LogP contribution in [0.3, 0.4) is 0 Å². The first-order valence-corrected chi connectivity index (χ1v) is 10.4. The van der Waals surface area contributed by atoms with Gasteiger partial charge in [0.1, 0.15) is 0 Å². The zero-order valence-corrected chi connectivity index (χ0v) is 17.3. The van der Waals surface area contributed by atoms with Gasteiger partial charge in [-0.15, -0.1) is 0 Å². The molecule has 2 aliphatic rings. The molecule has 2 aliphatic heterocycles. The van der Waals surface area contributed by atoms with Crippen LogP contribution in [-0.2, 0) is 16.9 Å². The molecule has 3 aromatic rings. The molecule has 1 N–H and O–H groups in total. The summed E-state index contributed by atoms with van der Waals surface area (Å²) in [5.41, 5.74) is 1.83. The fourth-order valence-electron chi connectivity index (χ4n) is 4.87. The molecule has 0 aliphatic carbocycles. The summed E-state index contributed by atoms with van der Waals surface area (Å²) in [6.07, 6.45) is 0. The molecule has 154 valence electrons. The number of fused-ring (bicyclic) bond motifs is 2. The molecule has 1 spiro atoms. The van der Waals surface area contributed by atoms with Gasteiger partial charge in [-0.05, 0) is 17.2 Å². The van der Waals surface area contributed by atoms with Crippen molar-refractivity contribution in [1.29, 1.82) is 0 Å². The van der Waals surface area contributed by atoms with Crippen molar-refractivity contribution in [3.05, 3.63) is 112 Å². The maximum absolute atomic E-state index is 14.1. The minimum atomic E-state index is -1.32. The molecule has 7 heteroatoms. The number of hydrogen-bond donors (Lipinski definition) is 1. The normalized spacial score (nSPS) is 24.3. The Hall–Kier alpha value is -3.58. The molecule has 2 heterocycles. The van der Waals surface area contributed by atoms with Gasteiger partial charge >= 0.3 is 0 Å². The van der Waals surface area contributed by atoms with Crippen LogP contribution in [0, 0.1) is 10.1 Å². The molecule has 3 atom stereocenters. The molecule has 0 unspecified atom stereocenters. The molecular weight excluding hydrogens is 410 g/mol. The predicted octanol–water partition coefficient (Wildman–Crippen LogP) is 3.79. The lowest BCUT2D eigenvalue weighted by molar-refractivity contribution is -0.505. The van der Waals surface area contributed by atoms with Crippen LogP contribution in [0.25, 0.3) is 0 Å². The van der Waals surface area contributed by atoms with Crippen molar-refractivity contribution in [2.45, 2.75) is 24.0 Å². The lowest BCUT2D eigenvalue weighted by Gasteiger charge is -2.30. The third-order valence-electron chi connectivity index (χ3n) is 6.14. The van der Waals surface area contributed by atoms with E-state index in [0.717, 1.165) is 16.8 Å². The van der Waals surface area contributed by atoms with Gasteiger partial charge in [-0.2, -0.15) is 0 Å². The monoisotopic (exact) mass is 429 g/mol. The van der Waals surface area contributed by atoms with Crippen LogP contribution < -0.4 is 10.2 Å². The van der Waals surface area contributed by atoms with Crippen molar-refractivity contribution in [2.24, 2.45) is 0 Å². The van der Waals surface area contributed by atoms with Gasteiger partial charge < -0.3 is 10.2 Å². The summed E-state index contributed by atoms with van der Waals surface area (Å²) in [5.74, 6) is -0.983. The van der Waals surface area contributed by atoms with Crippen LogP contribution in [-0.4, -0.2) is 21.9 Å². The maximum Gasteiger partial charge on any atom is 0.272 e. The average Bonchev–Trinajstić information content (AvgIpc) is 3.23. The number of para-hydroxylation sites is 1. The summed E-state index contributed by atoms with van der Waals surface area (Å²) in [5, 5.41) is 15.2. The molecule has 0 saturated carbocycles. The topological polar surface area (TPSA) is 75.5 Å². The van der Waals surface area contributed by atoms with Gasteiger partial charge in [-0.25, -0.2) is 0 Å². The summed E-state index contributed by atoms with van der Waals surface area (Å²) < 4.78 is 0. The first-order chi connectivity index (χ1) is 15.0. The number of benzene rings is 3. The Balaban J connectivity index is 1.70. The van der Waals surface area contributed by atoms with Crippen molar-refractivity contribution in [3.8, 4) is 0 Å². The highest BCUT2D eigenvalue weighted by Crippen LogP contribution is 2.53. The van der Waals surface area contributed by atoms with Crippen LogP contribution in [0.4, 0.5) is 5.69 Å². The Morgan fingerprint density at radius 2 is 1.58 bits per heavy atom. The fraction of sp³-hybridized carbons (Fsp3) is 0.167. The largest absolute Gasteiger partial charge is 0.356 e. The molecule has 0 radical (unpaired) electrons. The second-order valence-corrected chi connectivity index (χ2v) is 8.25. The molecular formula is C24H19N3O3S. The average molecular weight is 430 g/mol. The number of amides is 1. The number of nitro groups is 1. The highest BCUT2D eigenvalue weighted by Gasteiger charge is 2.67. The first-order valence-electron chi connectivity index (χ1n) is 10.00. The van der Waals surface area contributed by atoms with Gasteiger partial charge in [0, 0.05) is 10.5 Å². The summed E-state index contributed by atoms with van der Waals surface area (Å²) >= 11 is 5.43. The number of carbonyl (C=O) groups excluding carboxylic acids is 1. The summed E-state index contributed by atoms with van der Waals surface area (Å²) in [7, 11) is 0. The van der Waals surface area contributed by atoms with E-state index in [0.29, 0.717) is 12.1 Å². The van der Waals surface area contributed by atoms with E-state index in [1.807, 2.05) is 84.9 Å². The molecule has 1 fully saturated rings. The van der Waals surface area contributed by atoms with E-state index in [1.165, 1.54) is 0 Å². The van der Waals surface area contributed by atoms with E-state index in [2.05, 4.69) is 5.32 Å². The SMILES string of the molecule is O=C1N(Cc2ccccc2)c2ccccc2[C@]12NC(=S)[C@H]([N+](=O)[O-])[C@H]2c1ccccc1. The molecule has 0 aromatic heterocycles. The number of nitrogens with zero attached hydrogens (tertiary/aromatic N) is 2. The number of thiocarbonyl (C=S) groups is 1. The Labute approximate surface area is 184 Å². The number of nitrogens with one attached hydrogen (secondary N) is 1. The quantitative estimate of drug-likeness (QED) is 0.388. The van der Waals surface area contributed by atoms with E-state index in [1.54, 1.807) is 4.90 Å². The Kier molecular flexibility index (Phi) is 4.55. The summed E-state index contributed by atoms with van der Waals surface area (Å²) in [4.78, 5) is 27.6. The third kappa shape index (κ3) is 2.84. The number of anilines is 1. The van der Waals surface area contributed by atoms with Gasteiger partial charge in [-0.3, -0.25) is 14.9 Å². The van der Waals surface area contributed by atoms with Crippen LogP contribution >= 0.6 is 12.2 Å². The second-order valence-electron chi connectivity index (χ2n) is 7.81. The van der Waals surface area contributed by atoms with Crippen LogP contribution in [0.1, 0.15) is 22.6 Å². The second kappa shape index (κ2) is 7.28. The Morgan fingerprint density at radius 1 is 0.968 bits per heavy atom. The van der Waals surface area contributed by atoms with Crippen LogP contribution in [0.2, 0.25) is 0 Å². The van der Waals surface area contributed by atoms with Gasteiger partial charge in [0.25, 0.3) is 11.9 Å². The van der Waals surface area contributed by atoms with Gasteiger partial charge in [0.05, 0.1) is 18.2 Å². The van der Waals surface area contributed by atoms with Crippen molar-refractivity contribution >= 4 is 28.8 Å². The molecule has 31 heavy (non-hydrogen) atoms. The van der Waals surface area contributed by atoms with E-state index in [4.69, 9.17) is 12.2 Å². The fourth-order valence-corrected chi connectivity index (χ4v) is 5.25. The minimum Gasteiger partial charge on any atom is -0.356 e. The van der Waals surface area contributed by atoms with Crippen LogP contribution in [0.15, 0.2) is 84.9 Å².